The van der Waals surface area contributed by atoms with Gasteiger partial charge in [-0.05, 0) is 50.9 Å². The summed E-state index contributed by atoms with van der Waals surface area (Å²) in [6.07, 6.45) is 3.79. The lowest BCUT2D eigenvalue weighted by molar-refractivity contribution is 0.241. The second-order valence-electron chi connectivity index (χ2n) is 5.87. The minimum atomic E-state index is 0.599. The van der Waals surface area contributed by atoms with E-state index in [0.29, 0.717) is 6.04 Å². The maximum absolute atomic E-state index is 5.67. The Bertz CT molecular complexity index is 404. The van der Waals surface area contributed by atoms with Gasteiger partial charge in [-0.1, -0.05) is 19.1 Å². The van der Waals surface area contributed by atoms with Crippen molar-refractivity contribution in [2.45, 2.75) is 51.7 Å². The molecule has 0 heterocycles. The van der Waals surface area contributed by atoms with Crippen LogP contribution in [0.15, 0.2) is 24.3 Å². The van der Waals surface area contributed by atoms with Crippen molar-refractivity contribution in [1.82, 2.24) is 10.2 Å². The molecule has 2 rings (SSSR count). The zero-order valence-corrected chi connectivity index (χ0v) is 13.1. The molecule has 1 atom stereocenters. The van der Waals surface area contributed by atoms with Crippen LogP contribution in [0.5, 0.6) is 5.75 Å². The van der Waals surface area contributed by atoms with Crippen molar-refractivity contribution in [3.05, 3.63) is 29.8 Å². The normalized spacial score (nSPS) is 16.4. The standard InChI is InChI=1S/C17H28N2O/c1-4-10-20-17-7-5-6-15(11-17)13-18-12-14(2)19(3)16-8-9-16/h5-7,11,14,16,18H,4,8-10,12-13H2,1-3H3. The summed E-state index contributed by atoms with van der Waals surface area (Å²) >= 11 is 0. The van der Waals surface area contributed by atoms with E-state index in [2.05, 4.69) is 49.3 Å². The lowest BCUT2D eigenvalue weighted by atomic mass is 10.2. The number of likely N-dealkylation sites (N-methyl/N-ethyl adjacent to an activating group) is 1. The Balaban J connectivity index is 1.72. The van der Waals surface area contributed by atoms with E-state index in [4.69, 9.17) is 4.74 Å². The van der Waals surface area contributed by atoms with Crippen LogP contribution in [0, 0.1) is 0 Å². The van der Waals surface area contributed by atoms with Gasteiger partial charge in [0.1, 0.15) is 5.75 Å². The Morgan fingerprint density at radius 2 is 2.20 bits per heavy atom. The number of hydrogen-bond acceptors (Lipinski definition) is 3. The Morgan fingerprint density at radius 3 is 2.90 bits per heavy atom. The number of nitrogens with one attached hydrogen (secondary N) is 1. The highest BCUT2D eigenvalue weighted by Crippen LogP contribution is 2.26. The van der Waals surface area contributed by atoms with E-state index in [1.165, 1.54) is 18.4 Å². The van der Waals surface area contributed by atoms with Crippen molar-refractivity contribution < 1.29 is 4.74 Å². The average Bonchev–Trinajstić information content (AvgIpc) is 3.29. The summed E-state index contributed by atoms with van der Waals surface area (Å²) in [5.74, 6) is 0.981. The van der Waals surface area contributed by atoms with Crippen LogP contribution in [-0.4, -0.2) is 37.2 Å². The average molecular weight is 276 g/mol. The summed E-state index contributed by atoms with van der Waals surface area (Å²) in [4.78, 5) is 2.49. The summed E-state index contributed by atoms with van der Waals surface area (Å²) in [5, 5.41) is 3.55. The molecule has 1 saturated carbocycles. The Kier molecular flexibility index (Phi) is 5.86. The topological polar surface area (TPSA) is 24.5 Å². The summed E-state index contributed by atoms with van der Waals surface area (Å²) < 4.78 is 5.67. The molecule has 20 heavy (non-hydrogen) atoms. The minimum Gasteiger partial charge on any atom is -0.494 e. The fraction of sp³-hybridized carbons (Fsp3) is 0.647. The monoisotopic (exact) mass is 276 g/mol. The van der Waals surface area contributed by atoms with Gasteiger partial charge in [0, 0.05) is 25.2 Å². The third-order valence-corrected chi connectivity index (χ3v) is 3.96. The highest BCUT2D eigenvalue weighted by atomic mass is 16.5. The van der Waals surface area contributed by atoms with Crippen LogP contribution in [0.1, 0.15) is 38.7 Å². The molecule has 3 nitrogen and oxygen atoms in total. The fourth-order valence-electron chi connectivity index (χ4n) is 2.38. The zero-order chi connectivity index (χ0) is 14.4. The van der Waals surface area contributed by atoms with Gasteiger partial charge in [0.15, 0.2) is 0 Å². The molecule has 1 unspecified atom stereocenters. The van der Waals surface area contributed by atoms with Crippen molar-refractivity contribution in [3.63, 3.8) is 0 Å². The quantitative estimate of drug-likeness (QED) is 0.750. The molecule has 1 aliphatic carbocycles. The molecule has 0 aliphatic heterocycles. The summed E-state index contributed by atoms with van der Waals surface area (Å²) in [6, 6.07) is 9.82. The minimum absolute atomic E-state index is 0.599. The van der Waals surface area contributed by atoms with Gasteiger partial charge in [-0.2, -0.15) is 0 Å². The van der Waals surface area contributed by atoms with Crippen molar-refractivity contribution in [2.24, 2.45) is 0 Å². The fourth-order valence-corrected chi connectivity index (χ4v) is 2.38. The Morgan fingerprint density at radius 1 is 1.40 bits per heavy atom. The van der Waals surface area contributed by atoms with E-state index in [1.807, 2.05) is 6.07 Å². The van der Waals surface area contributed by atoms with Gasteiger partial charge in [0.2, 0.25) is 0 Å². The molecule has 0 aromatic heterocycles. The largest absolute Gasteiger partial charge is 0.494 e. The molecule has 1 aliphatic rings. The molecule has 1 fully saturated rings. The van der Waals surface area contributed by atoms with Crippen LogP contribution in [-0.2, 0) is 6.54 Å². The highest BCUT2D eigenvalue weighted by molar-refractivity contribution is 5.28. The first kappa shape index (κ1) is 15.3. The molecule has 0 spiro atoms. The van der Waals surface area contributed by atoms with E-state index in [0.717, 1.165) is 37.9 Å². The van der Waals surface area contributed by atoms with Crippen molar-refractivity contribution in [3.8, 4) is 5.75 Å². The van der Waals surface area contributed by atoms with Crippen molar-refractivity contribution >= 4 is 0 Å². The molecule has 1 aromatic rings. The molecule has 112 valence electrons. The van der Waals surface area contributed by atoms with E-state index in [9.17, 15) is 0 Å². The van der Waals surface area contributed by atoms with Gasteiger partial charge in [0.25, 0.3) is 0 Å². The van der Waals surface area contributed by atoms with Crippen molar-refractivity contribution in [1.29, 1.82) is 0 Å². The van der Waals surface area contributed by atoms with Gasteiger partial charge in [-0.3, -0.25) is 4.90 Å². The van der Waals surface area contributed by atoms with Gasteiger partial charge in [-0.15, -0.1) is 0 Å². The maximum Gasteiger partial charge on any atom is 0.119 e. The van der Waals surface area contributed by atoms with E-state index >= 15 is 0 Å². The Labute approximate surface area is 123 Å². The molecule has 0 radical (unpaired) electrons. The first-order chi connectivity index (χ1) is 9.70. The third-order valence-electron chi connectivity index (χ3n) is 3.96. The molecule has 0 amide bonds. The van der Waals surface area contributed by atoms with E-state index < -0.39 is 0 Å². The lowest BCUT2D eigenvalue weighted by Crippen LogP contribution is -2.38. The van der Waals surface area contributed by atoms with E-state index in [-0.39, 0.29) is 0 Å². The first-order valence-electron chi connectivity index (χ1n) is 7.85. The van der Waals surface area contributed by atoms with Crippen LogP contribution < -0.4 is 10.1 Å². The van der Waals surface area contributed by atoms with Crippen LogP contribution in [0.2, 0.25) is 0 Å². The molecule has 0 bridgehead atoms. The number of rotatable bonds is 9. The summed E-state index contributed by atoms with van der Waals surface area (Å²) in [7, 11) is 2.24. The van der Waals surface area contributed by atoms with Crippen LogP contribution >= 0.6 is 0 Å². The zero-order valence-electron chi connectivity index (χ0n) is 13.1. The molecule has 1 N–H and O–H groups in total. The molecular formula is C17H28N2O. The smallest absolute Gasteiger partial charge is 0.119 e. The molecule has 3 heteroatoms. The number of nitrogens with zero attached hydrogens (tertiary/aromatic N) is 1. The molecular weight excluding hydrogens is 248 g/mol. The lowest BCUT2D eigenvalue weighted by Gasteiger charge is -2.24. The van der Waals surface area contributed by atoms with Gasteiger partial charge in [0.05, 0.1) is 6.61 Å². The SMILES string of the molecule is CCCOc1cccc(CNCC(C)N(C)C2CC2)c1. The third kappa shape index (κ3) is 4.80. The number of hydrogen-bond donors (Lipinski definition) is 1. The van der Waals surface area contributed by atoms with Gasteiger partial charge in [-0.25, -0.2) is 0 Å². The second-order valence-corrected chi connectivity index (χ2v) is 5.87. The van der Waals surface area contributed by atoms with Gasteiger partial charge >= 0.3 is 0 Å². The molecule has 0 saturated heterocycles. The van der Waals surface area contributed by atoms with Gasteiger partial charge < -0.3 is 10.1 Å². The second kappa shape index (κ2) is 7.65. The van der Waals surface area contributed by atoms with Crippen LogP contribution in [0.3, 0.4) is 0 Å². The maximum atomic E-state index is 5.67. The first-order valence-corrected chi connectivity index (χ1v) is 7.85. The number of benzene rings is 1. The van der Waals surface area contributed by atoms with Crippen molar-refractivity contribution in [2.75, 3.05) is 20.2 Å². The predicted molar refractivity (Wildman–Crippen MR) is 84.2 cm³/mol. The van der Waals surface area contributed by atoms with Crippen LogP contribution in [0.25, 0.3) is 0 Å². The molecule has 1 aromatic carbocycles. The summed E-state index contributed by atoms with van der Waals surface area (Å²) in [5.41, 5.74) is 1.29. The number of ether oxygens (including phenoxy) is 1. The highest BCUT2D eigenvalue weighted by Gasteiger charge is 2.28. The Hall–Kier alpha value is -1.06. The predicted octanol–water partition coefficient (Wildman–Crippen LogP) is 3.05. The van der Waals surface area contributed by atoms with E-state index in [1.54, 1.807) is 0 Å². The van der Waals surface area contributed by atoms with Crippen LogP contribution in [0.4, 0.5) is 0 Å². The summed E-state index contributed by atoms with van der Waals surface area (Å²) in [6.45, 7) is 7.16.